The summed E-state index contributed by atoms with van der Waals surface area (Å²) >= 11 is 0. The van der Waals surface area contributed by atoms with Crippen LogP contribution in [0.15, 0.2) is 30.3 Å². The molecule has 3 saturated heterocycles. The molecule has 4 rings (SSSR count). The van der Waals surface area contributed by atoms with Gasteiger partial charge < -0.3 is 10.2 Å². The van der Waals surface area contributed by atoms with Crippen LogP contribution in [-0.4, -0.2) is 70.9 Å². The quantitative estimate of drug-likeness (QED) is 0.690. The highest BCUT2D eigenvalue weighted by Crippen LogP contribution is 2.26. The molecule has 0 aromatic heterocycles. The summed E-state index contributed by atoms with van der Waals surface area (Å²) in [5, 5.41) is 2.92. The molecule has 0 aliphatic carbocycles. The van der Waals surface area contributed by atoms with E-state index in [1.165, 1.54) is 17.7 Å². The van der Waals surface area contributed by atoms with Gasteiger partial charge in [0.15, 0.2) is 0 Å². The van der Waals surface area contributed by atoms with Gasteiger partial charge in [-0.25, -0.2) is 9.69 Å². The van der Waals surface area contributed by atoms with Crippen molar-refractivity contribution >= 4 is 17.8 Å². The maximum atomic E-state index is 13.1. The van der Waals surface area contributed by atoms with E-state index >= 15 is 0 Å². The number of piperidine rings is 1. The molecule has 3 aliphatic heterocycles. The molecule has 7 nitrogen and oxygen atoms in total. The van der Waals surface area contributed by atoms with E-state index in [4.69, 9.17) is 0 Å². The Morgan fingerprint density at radius 3 is 2.31 bits per heavy atom. The van der Waals surface area contributed by atoms with Crippen molar-refractivity contribution in [3.05, 3.63) is 35.9 Å². The monoisotopic (exact) mass is 440 g/mol. The molecule has 0 bridgehead atoms. The van der Waals surface area contributed by atoms with Crippen LogP contribution < -0.4 is 5.32 Å². The number of aryl methyl sites for hydroxylation is 1. The summed E-state index contributed by atoms with van der Waals surface area (Å²) < 4.78 is 0. The minimum Gasteiger partial charge on any atom is -0.342 e. The van der Waals surface area contributed by atoms with E-state index in [9.17, 15) is 14.4 Å². The van der Waals surface area contributed by atoms with Crippen molar-refractivity contribution in [1.29, 1.82) is 0 Å². The van der Waals surface area contributed by atoms with Gasteiger partial charge in [0.2, 0.25) is 5.91 Å². The lowest BCUT2D eigenvalue weighted by Crippen LogP contribution is -2.48. The number of rotatable bonds is 6. The van der Waals surface area contributed by atoms with Crippen LogP contribution in [0.1, 0.15) is 57.4 Å². The molecule has 3 fully saturated rings. The van der Waals surface area contributed by atoms with Gasteiger partial charge in [-0.1, -0.05) is 43.2 Å². The molecule has 1 aromatic rings. The van der Waals surface area contributed by atoms with Gasteiger partial charge >= 0.3 is 6.03 Å². The van der Waals surface area contributed by atoms with Gasteiger partial charge in [0.25, 0.3) is 5.91 Å². The van der Waals surface area contributed by atoms with E-state index in [1.54, 1.807) is 0 Å². The first kappa shape index (κ1) is 22.8. The number of hydrogen-bond acceptors (Lipinski definition) is 4. The highest BCUT2D eigenvalue weighted by Gasteiger charge is 2.47. The molecule has 1 N–H and O–H groups in total. The molecular formula is C25H36N4O3. The smallest absolute Gasteiger partial charge is 0.326 e. The van der Waals surface area contributed by atoms with Gasteiger partial charge in [-0.2, -0.15) is 0 Å². The second-order valence-electron chi connectivity index (χ2n) is 9.75. The van der Waals surface area contributed by atoms with E-state index < -0.39 is 5.54 Å². The van der Waals surface area contributed by atoms with Crippen molar-refractivity contribution in [3.8, 4) is 0 Å². The SMILES string of the molecule is C[C@@]1(CCc2ccccc2)NC(=O)N(CN2CCC(C(=O)N3CCCCCC3)CC2)C1=O. The molecule has 7 heteroatoms. The number of nitrogens with zero attached hydrogens (tertiary/aromatic N) is 3. The molecule has 1 atom stereocenters. The Hall–Kier alpha value is -2.41. The summed E-state index contributed by atoms with van der Waals surface area (Å²) in [5.41, 5.74) is 0.291. The van der Waals surface area contributed by atoms with Crippen molar-refractivity contribution < 1.29 is 14.4 Å². The van der Waals surface area contributed by atoms with E-state index in [0.717, 1.165) is 63.8 Å². The van der Waals surface area contributed by atoms with Crippen molar-refractivity contribution in [1.82, 2.24) is 20.0 Å². The van der Waals surface area contributed by atoms with Crippen LogP contribution in [0.4, 0.5) is 4.79 Å². The van der Waals surface area contributed by atoms with Crippen molar-refractivity contribution in [3.63, 3.8) is 0 Å². The van der Waals surface area contributed by atoms with Crippen LogP contribution in [0.5, 0.6) is 0 Å². The maximum absolute atomic E-state index is 13.1. The summed E-state index contributed by atoms with van der Waals surface area (Å²) in [6.07, 6.45) is 7.57. The number of carbonyl (C=O) groups excluding carboxylic acids is 3. The molecule has 0 spiro atoms. The molecule has 174 valence electrons. The number of imide groups is 1. The standard InChI is InChI=1S/C25H36N4O3/c1-25(14-11-20-9-5-4-6-10-20)23(31)29(24(32)26-25)19-27-17-12-21(13-18-27)22(30)28-15-7-2-3-8-16-28/h4-6,9-10,21H,2-3,7-8,11-19H2,1H3,(H,26,32)/t25-/m0/s1. The second-order valence-corrected chi connectivity index (χ2v) is 9.75. The fourth-order valence-electron chi connectivity index (χ4n) is 5.15. The minimum atomic E-state index is -0.867. The topological polar surface area (TPSA) is 73.0 Å². The Labute approximate surface area is 191 Å². The number of benzene rings is 1. The largest absolute Gasteiger partial charge is 0.342 e. The molecular weight excluding hydrogens is 404 g/mol. The van der Waals surface area contributed by atoms with E-state index in [-0.39, 0.29) is 17.9 Å². The number of nitrogens with one attached hydrogen (secondary N) is 1. The van der Waals surface area contributed by atoms with E-state index in [1.807, 2.05) is 37.3 Å². The van der Waals surface area contributed by atoms with Gasteiger partial charge in [-0.3, -0.25) is 14.5 Å². The van der Waals surface area contributed by atoms with Crippen LogP contribution in [0.2, 0.25) is 0 Å². The van der Waals surface area contributed by atoms with E-state index in [0.29, 0.717) is 19.0 Å². The first-order valence-electron chi connectivity index (χ1n) is 12.2. The summed E-state index contributed by atoms with van der Waals surface area (Å²) in [7, 11) is 0. The van der Waals surface area contributed by atoms with Crippen molar-refractivity contribution in [2.24, 2.45) is 5.92 Å². The van der Waals surface area contributed by atoms with Crippen LogP contribution in [-0.2, 0) is 16.0 Å². The Morgan fingerprint density at radius 2 is 1.66 bits per heavy atom. The van der Waals surface area contributed by atoms with Gasteiger partial charge in [0, 0.05) is 32.1 Å². The summed E-state index contributed by atoms with van der Waals surface area (Å²) in [6.45, 7) is 5.38. The van der Waals surface area contributed by atoms with Gasteiger partial charge in [-0.05, 0) is 51.0 Å². The molecule has 0 unspecified atom stereocenters. The third kappa shape index (κ3) is 5.14. The normalized spacial score (nSPS) is 25.7. The molecule has 0 radical (unpaired) electrons. The Morgan fingerprint density at radius 1 is 1.00 bits per heavy atom. The highest BCUT2D eigenvalue weighted by atomic mass is 16.2. The van der Waals surface area contributed by atoms with Gasteiger partial charge in [0.1, 0.15) is 5.54 Å². The predicted octanol–water partition coefficient (Wildman–Crippen LogP) is 3.00. The summed E-state index contributed by atoms with van der Waals surface area (Å²) in [4.78, 5) is 44.2. The molecule has 3 heterocycles. The van der Waals surface area contributed by atoms with Gasteiger partial charge in [0.05, 0.1) is 6.67 Å². The molecule has 0 saturated carbocycles. The summed E-state index contributed by atoms with van der Waals surface area (Å²) in [6, 6.07) is 9.72. The molecule has 3 aliphatic rings. The van der Waals surface area contributed by atoms with Crippen LogP contribution in [0.3, 0.4) is 0 Å². The molecule has 4 amide bonds. The van der Waals surface area contributed by atoms with Crippen LogP contribution in [0, 0.1) is 5.92 Å². The molecule has 32 heavy (non-hydrogen) atoms. The fourth-order valence-corrected chi connectivity index (χ4v) is 5.15. The highest BCUT2D eigenvalue weighted by molar-refractivity contribution is 6.06. The number of hydrogen-bond donors (Lipinski definition) is 1. The zero-order valence-electron chi connectivity index (χ0n) is 19.2. The maximum Gasteiger partial charge on any atom is 0.326 e. The zero-order chi connectivity index (χ0) is 22.6. The van der Waals surface area contributed by atoms with Crippen LogP contribution in [0.25, 0.3) is 0 Å². The molecule has 1 aromatic carbocycles. The number of urea groups is 1. The van der Waals surface area contributed by atoms with Crippen LogP contribution >= 0.6 is 0 Å². The third-order valence-electron chi connectivity index (χ3n) is 7.30. The lowest BCUT2D eigenvalue weighted by atomic mass is 9.93. The summed E-state index contributed by atoms with van der Waals surface area (Å²) in [5.74, 6) is 0.222. The lowest BCUT2D eigenvalue weighted by Gasteiger charge is -2.35. The first-order chi connectivity index (χ1) is 15.5. The average molecular weight is 441 g/mol. The van der Waals surface area contributed by atoms with E-state index in [2.05, 4.69) is 15.1 Å². The Kier molecular flexibility index (Phi) is 7.13. The average Bonchev–Trinajstić information content (AvgIpc) is 3.01. The lowest BCUT2D eigenvalue weighted by molar-refractivity contribution is -0.138. The predicted molar refractivity (Wildman–Crippen MR) is 123 cm³/mol. The van der Waals surface area contributed by atoms with Gasteiger partial charge in [-0.15, -0.1) is 0 Å². The van der Waals surface area contributed by atoms with Crippen molar-refractivity contribution in [2.45, 2.75) is 63.8 Å². The zero-order valence-corrected chi connectivity index (χ0v) is 19.2. The first-order valence-corrected chi connectivity index (χ1v) is 12.2. The number of carbonyl (C=O) groups is 3. The Bertz CT molecular complexity index is 814. The van der Waals surface area contributed by atoms with Crippen molar-refractivity contribution in [2.75, 3.05) is 32.8 Å². The second kappa shape index (κ2) is 10.0. The fraction of sp³-hybridized carbons (Fsp3) is 0.640. The Balaban J connectivity index is 1.27. The number of likely N-dealkylation sites (tertiary alicyclic amines) is 2. The third-order valence-corrected chi connectivity index (χ3v) is 7.30. The number of amides is 4. The minimum absolute atomic E-state index is 0.0728.